The minimum Gasteiger partial charge on any atom is -0.369 e. The number of carbonyl (C=O) groups excluding carboxylic acids is 1. The van der Waals surface area contributed by atoms with E-state index in [-0.39, 0.29) is 5.91 Å². The standard InChI is InChI=1S/C23H25N3OS/c1-25-12-14-26(15-13-25)21-10-6-5-9-19(21)17-24-23(27)22-20(11-16-28-22)18-7-3-2-4-8-18/h2-11,16H,12-15,17H2,1H3,(H,24,27). The molecule has 4 rings (SSSR count). The zero-order valence-electron chi connectivity index (χ0n) is 16.1. The van der Waals surface area contributed by atoms with Crippen LogP contribution in [-0.4, -0.2) is 44.0 Å². The number of benzene rings is 2. The number of nitrogens with one attached hydrogen (secondary N) is 1. The van der Waals surface area contributed by atoms with Crippen LogP contribution in [0.2, 0.25) is 0 Å². The number of para-hydroxylation sites is 1. The van der Waals surface area contributed by atoms with E-state index in [1.165, 1.54) is 22.6 Å². The number of carbonyl (C=O) groups is 1. The maximum atomic E-state index is 12.9. The summed E-state index contributed by atoms with van der Waals surface area (Å²) in [6.07, 6.45) is 0. The van der Waals surface area contributed by atoms with Crippen LogP contribution in [0.5, 0.6) is 0 Å². The largest absolute Gasteiger partial charge is 0.369 e. The van der Waals surface area contributed by atoms with Crippen molar-refractivity contribution in [3.63, 3.8) is 0 Å². The van der Waals surface area contributed by atoms with Gasteiger partial charge in [0.2, 0.25) is 0 Å². The van der Waals surface area contributed by atoms with Crippen LogP contribution < -0.4 is 10.2 Å². The number of anilines is 1. The molecule has 1 aliphatic heterocycles. The van der Waals surface area contributed by atoms with E-state index in [2.05, 4.69) is 40.4 Å². The smallest absolute Gasteiger partial charge is 0.262 e. The molecular weight excluding hydrogens is 366 g/mol. The first-order chi connectivity index (χ1) is 13.7. The highest BCUT2D eigenvalue weighted by Gasteiger charge is 2.18. The highest BCUT2D eigenvalue weighted by atomic mass is 32.1. The van der Waals surface area contributed by atoms with Crippen molar-refractivity contribution < 1.29 is 4.79 Å². The first kappa shape index (κ1) is 18.7. The van der Waals surface area contributed by atoms with Gasteiger partial charge in [0.25, 0.3) is 5.91 Å². The third kappa shape index (κ3) is 4.11. The van der Waals surface area contributed by atoms with Gasteiger partial charge in [-0.3, -0.25) is 4.79 Å². The third-order valence-corrected chi connectivity index (χ3v) is 6.14. The zero-order chi connectivity index (χ0) is 19.3. The first-order valence-electron chi connectivity index (χ1n) is 9.65. The molecule has 0 atom stereocenters. The van der Waals surface area contributed by atoms with E-state index in [1.54, 1.807) is 0 Å². The summed E-state index contributed by atoms with van der Waals surface area (Å²) in [7, 11) is 2.16. The number of hydrogen-bond acceptors (Lipinski definition) is 4. The summed E-state index contributed by atoms with van der Waals surface area (Å²) in [6.45, 7) is 4.70. The van der Waals surface area contributed by atoms with E-state index in [0.29, 0.717) is 6.54 Å². The van der Waals surface area contributed by atoms with Gasteiger partial charge in [0.1, 0.15) is 0 Å². The lowest BCUT2D eigenvalue weighted by atomic mass is 10.1. The SMILES string of the molecule is CN1CCN(c2ccccc2CNC(=O)c2sccc2-c2ccccc2)CC1. The molecule has 0 unspecified atom stereocenters. The highest BCUT2D eigenvalue weighted by Crippen LogP contribution is 2.28. The second-order valence-corrected chi connectivity index (χ2v) is 8.05. The normalized spacial score (nSPS) is 14.8. The van der Waals surface area contributed by atoms with Crippen LogP contribution in [0.15, 0.2) is 66.0 Å². The summed E-state index contributed by atoms with van der Waals surface area (Å²) in [5.74, 6) is -0.0120. The van der Waals surface area contributed by atoms with Crippen LogP contribution in [0.4, 0.5) is 5.69 Å². The Morgan fingerprint density at radius 2 is 1.68 bits per heavy atom. The number of nitrogens with zero attached hydrogens (tertiary/aromatic N) is 2. The zero-order valence-corrected chi connectivity index (χ0v) is 16.9. The number of amides is 1. The predicted octanol–water partition coefficient (Wildman–Crippen LogP) is 4.10. The van der Waals surface area contributed by atoms with Crippen molar-refractivity contribution in [1.82, 2.24) is 10.2 Å². The summed E-state index contributed by atoms with van der Waals surface area (Å²) in [6, 6.07) is 20.5. The monoisotopic (exact) mass is 391 g/mol. The Hall–Kier alpha value is -2.63. The van der Waals surface area contributed by atoms with E-state index in [4.69, 9.17) is 0 Å². The van der Waals surface area contributed by atoms with Gasteiger partial charge >= 0.3 is 0 Å². The minimum absolute atomic E-state index is 0.0120. The number of likely N-dealkylation sites (N-methyl/N-ethyl adjacent to an activating group) is 1. The van der Waals surface area contributed by atoms with Gasteiger partial charge in [-0.1, -0.05) is 48.5 Å². The van der Waals surface area contributed by atoms with Crippen molar-refractivity contribution in [2.24, 2.45) is 0 Å². The molecule has 1 N–H and O–H groups in total. The van der Waals surface area contributed by atoms with Crippen molar-refractivity contribution in [3.8, 4) is 11.1 Å². The average molecular weight is 392 g/mol. The number of thiophene rings is 1. The lowest BCUT2D eigenvalue weighted by Gasteiger charge is -2.35. The first-order valence-corrected chi connectivity index (χ1v) is 10.5. The molecule has 0 radical (unpaired) electrons. The molecule has 1 amide bonds. The fourth-order valence-electron chi connectivity index (χ4n) is 3.60. The van der Waals surface area contributed by atoms with Crippen LogP contribution in [-0.2, 0) is 6.54 Å². The van der Waals surface area contributed by atoms with Crippen molar-refractivity contribution in [2.45, 2.75) is 6.54 Å². The molecule has 3 aromatic rings. The molecule has 5 heteroatoms. The van der Waals surface area contributed by atoms with Crippen molar-refractivity contribution >= 4 is 22.9 Å². The van der Waals surface area contributed by atoms with Gasteiger partial charge in [-0.2, -0.15) is 0 Å². The third-order valence-electron chi connectivity index (χ3n) is 5.23. The minimum atomic E-state index is -0.0120. The van der Waals surface area contributed by atoms with Gasteiger partial charge in [0, 0.05) is 44.0 Å². The maximum absolute atomic E-state index is 12.9. The van der Waals surface area contributed by atoms with Gasteiger partial charge in [0.05, 0.1) is 4.88 Å². The van der Waals surface area contributed by atoms with Crippen molar-refractivity contribution in [1.29, 1.82) is 0 Å². The molecule has 2 heterocycles. The van der Waals surface area contributed by atoms with Gasteiger partial charge in [-0.25, -0.2) is 0 Å². The Morgan fingerprint density at radius 3 is 2.46 bits per heavy atom. The van der Waals surface area contributed by atoms with Crippen LogP contribution in [0.25, 0.3) is 11.1 Å². The second kappa shape index (κ2) is 8.59. The molecular formula is C23H25N3OS. The molecule has 1 fully saturated rings. The van der Waals surface area contributed by atoms with Gasteiger partial charge in [0.15, 0.2) is 0 Å². The Balaban J connectivity index is 1.48. The van der Waals surface area contributed by atoms with Crippen molar-refractivity contribution in [3.05, 3.63) is 76.5 Å². The van der Waals surface area contributed by atoms with Gasteiger partial charge < -0.3 is 15.1 Å². The van der Waals surface area contributed by atoms with Crippen LogP contribution in [0.1, 0.15) is 15.2 Å². The molecule has 1 saturated heterocycles. The number of hydrogen-bond donors (Lipinski definition) is 1. The molecule has 4 nitrogen and oxygen atoms in total. The molecule has 2 aromatic carbocycles. The second-order valence-electron chi connectivity index (χ2n) is 7.13. The summed E-state index contributed by atoms with van der Waals surface area (Å²) < 4.78 is 0. The molecule has 1 aromatic heterocycles. The summed E-state index contributed by atoms with van der Waals surface area (Å²) in [5, 5.41) is 5.12. The van der Waals surface area contributed by atoms with Crippen LogP contribution in [0.3, 0.4) is 0 Å². The number of piperazine rings is 1. The lowest BCUT2D eigenvalue weighted by Crippen LogP contribution is -2.45. The Labute approximate surface area is 170 Å². The van der Waals surface area contributed by atoms with Crippen LogP contribution >= 0.6 is 11.3 Å². The average Bonchev–Trinajstić information content (AvgIpc) is 3.24. The highest BCUT2D eigenvalue weighted by molar-refractivity contribution is 7.12. The van der Waals surface area contributed by atoms with E-state index in [1.807, 2.05) is 47.8 Å². The van der Waals surface area contributed by atoms with Crippen molar-refractivity contribution in [2.75, 3.05) is 38.1 Å². The van der Waals surface area contributed by atoms with E-state index >= 15 is 0 Å². The molecule has 144 valence electrons. The van der Waals surface area contributed by atoms with Gasteiger partial charge in [-0.15, -0.1) is 11.3 Å². The molecule has 0 saturated carbocycles. The lowest BCUT2D eigenvalue weighted by molar-refractivity contribution is 0.0955. The quantitative estimate of drug-likeness (QED) is 0.711. The van der Waals surface area contributed by atoms with Crippen LogP contribution in [0, 0.1) is 0 Å². The molecule has 0 spiro atoms. The molecule has 0 bridgehead atoms. The Bertz CT molecular complexity index is 930. The Kier molecular flexibility index (Phi) is 5.74. The maximum Gasteiger partial charge on any atom is 0.262 e. The fraction of sp³-hybridized carbons (Fsp3) is 0.261. The van der Waals surface area contributed by atoms with E-state index in [0.717, 1.165) is 42.2 Å². The topological polar surface area (TPSA) is 35.6 Å². The summed E-state index contributed by atoms with van der Waals surface area (Å²) in [5.41, 5.74) is 4.46. The fourth-order valence-corrected chi connectivity index (χ4v) is 4.43. The Morgan fingerprint density at radius 1 is 0.964 bits per heavy atom. The molecule has 0 aliphatic carbocycles. The predicted molar refractivity (Wildman–Crippen MR) is 117 cm³/mol. The molecule has 1 aliphatic rings. The van der Waals surface area contributed by atoms with E-state index < -0.39 is 0 Å². The van der Waals surface area contributed by atoms with E-state index in [9.17, 15) is 4.79 Å². The van der Waals surface area contributed by atoms with Gasteiger partial charge in [-0.05, 0) is 35.7 Å². The number of rotatable bonds is 5. The summed E-state index contributed by atoms with van der Waals surface area (Å²) in [4.78, 5) is 18.4. The molecule has 28 heavy (non-hydrogen) atoms. The summed E-state index contributed by atoms with van der Waals surface area (Å²) >= 11 is 1.49.